The highest BCUT2D eigenvalue weighted by Crippen LogP contribution is 2.68. The van der Waals surface area contributed by atoms with Crippen molar-refractivity contribution in [1.29, 1.82) is 0 Å². The zero-order chi connectivity index (χ0) is 27.4. The van der Waals surface area contributed by atoms with Gasteiger partial charge in [0.1, 0.15) is 0 Å². The molecule has 9 atom stereocenters. The number of allylic oxidation sites excluding steroid dienone is 2. The molecule has 6 heteroatoms. The molecule has 5 unspecified atom stereocenters. The first-order valence-corrected chi connectivity index (χ1v) is 22.0. The molecule has 212 valence electrons. The summed E-state index contributed by atoms with van der Waals surface area (Å²) in [6.45, 7) is 21.7. The van der Waals surface area contributed by atoms with E-state index in [0.29, 0.717) is 58.9 Å². The second-order valence-electron chi connectivity index (χ2n) is 15.6. The predicted octanol–water partition coefficient (Wildman–Crippen LogP) is 8.41. The van der Waals surface area contributed by atoms with Gasteiger partial charge in [0, 0.05) is 18.4 Å². The van der Waals surface area contributed by atoms with Crippen molar-refractivity contribution < 1.29 is 18.4 Å². The lowest BCUT2D eigenvalue weighted by Gasteiger charge is -2.60. The van der Waals surface area contributed by atoms with Gasteiger partial charge < -0.3 is 13.6 Å². The predicted molar refractivity (Wildman–Crippen MR) is 157 cm³/mol. The standard InChI is InChI=1S/C31H56O4Si2/c1-21(11-14-28(32)33-4)24-12-13-25-29-26(16-18-31(24,25)3)30(2)17-15-23(34-36(5,6)7)19-22(30)20-27(29)35-37(8,9)10/h20-26,29H,11-19H2,1-10H3/t21-,22?,23-,24?,25?,26?,29?,30+,31-/m1/s1. The van der Waals surface area contributed by atoms with E-state index in [-0.39, 0.29) is 5.97 Å². The van der Waals surface area contributed by atoms with Gasteiger partial charge in [-0.15, -0.1) is 0 Å². The van der Waals surface area contributed by atoms with E-state index in [2.05, 4.69) is 66.1 Å². The maximum absolute atomic E-state index is 11.9. The minimum absolute atomic E-state index is 0.0658. The highest BCUT2D eigenvalue weighted by molar-refractivity contribution is 6.70. The van der Waals surface area contributed by atoms with Crippen molar-refractivity contribution in [3.05, 3.63) is 11.8 Å². The van der Waals surface area contributed by atoms with Gasteiger partial charge in [-0.05, 0) is 137 Å². The van der Waals surface area contributed by atoms with Crippen molar-refractivity contribution in [3.63, 3.8) is 0 Å². The molecule has 3 saturated carbocycles. The summed E-state index contributed by atoms with van der Waals surface area (Å²) in [4.78, 5) is 11.9. The van der Waals surface area contributed by atoms with Crippen LogP contribution in [0, 0.1) is 46.3 Å². The van der Waals surface area contributed by atoms with E-state index in [0.717, 1.165) is 12.8 Å². The van der Waals surface area contributed by atoms with Crippen LogP contribution in [0.15, 0.2) is 11.8 Å². The van der Waals surface area contributed by atoms with E-state index in [1.807, 2.05) is 0 Å². The van der Waals surface area contributed by atoms with E-state index in [4.69, 9.17) is 13.6 Å². The lowest BCUT2D eigenvalue weighted by molar-refractivity contribution is -0.141. The molecular weight excluding hydrogens is 493 g/mol. The first-order chi connectivity index (χ1) is 17.1. The van der Waals surface area contributed by atoms with Crippen molar-refractivity contribution in [1.82, 2.24) is 0 Å². The Morgan fingerprint density at radius 3 is 2.24 bits per heavy atom. The molecule has 3 fully saturated rings. The Bertz CT molecular complexity index is 873. The van der Waals surface area contributed by atoms with E-state index in [1.54, 1.807) is 0 Å². The minimum Gasteiger partial charge on any atom is -0.547 e. The fourth-order valence-electron chi connectivity index (χ4n) is 9.32. The Morgan fingerprint density at radius 2 is 1.62 bits per heavy atom. The third-order valence-corrected chi connectivity index (χ3v) is 12.8. The van der Waals surface area contributed by atoms with Gasteiger partial charge in [-0.25, -0.2) is 0 Å². The van der Waals surface area contributed by atoms with Crippen LogP contribution in [0.25, 0.3) is 0 Å². The fourth-order valence-corrected chi connectivity index (χ4v) is 11.4. The molecule has 4 nitrogen and oxygen atoms in total. The lowest BCUT2D eigenvalue weighted by atomic mass is 9.46. The summed E-state index contributed by atoms with van der Waals surface area (Å²) >= 11 is 0. The monoisotopic (exact) mass is 548 g/mol. The molecule has 4 rings (SSSR count). The molecule has 37 heavy (non-hydrogen) atoms. The first-order valence-electron chi connectivity index (χ1n) is 15.2. The van der Waals surface area contributed by atoms with E-state index in [9.17, 15) is 4.79 Å². The highest BCUT2D eigenvalue weighted by atomic mass is 28.4. The number of fused-ring (bicyclic) bond motifs is 5. The summed E-state index contributed by atoms with van der Waals surface area (Å²) in [5, 5.41) is 0. The van der Waals surface area contributed by atoms with Gasteiger partial charge >= 0.3 is 5.97 Å². The summed E-state index contributed by atoms with van der Waals surface area (Å²) < 4.78 is 18.6. The van der Waals surface area contributed by atoms with Crippen LogP contribution in [0.3, 0.4) is 0 Å². The smallest absolute Gasteiger partial charge is 0.305 e. The Balaban J connectivity index is 1.63. The van der Waals surface area contributed by atoms with Crippen molar-refractivity contribution in [2.75, 3.05) is 7.11 Å². The first kappa shape index (κ1) is 29.4. The molecule has 0 saturated heterocycles. The number of hydrogen-bond donors (Lipinski definition) is 0. The molecule has 4 aliphatic rings. The fraction of sp³-hybridized carbons (Fsp3) is 0.903. The Morgan fingerprint density at radius 1 is 0.973 bits per heavy atom. The molecule has 0 aromatic heterocycles. The normalized spacial score (nSPS) is 40.6. The van der Waals surface area contributed by atoms with Crippen LogP contribution in [-0.2, 0) is 18.4 Å². The van der Waals surface area contributed by atoms with Gasteiger partial charge in [0.25, 0.3) is 0 Å². The molecule has 0 aromatic carbocycles. The van der Waals surface area contributed by atoms with E-state index in [1.165, 1.54) is 51.4 Å². The SMILES string of the molecule is COC(=O)CC[C@@H](C)C1CCC2C3C(O[Si](C)(C)C)=CC4C[C@H](O[Si](C)(C)C)CC[C@]4(C)C3CC[C@@]21C. The van der Waals surface area contributed by atoms with Crippen molar-refractivity contribution in [2.45, 2.75) is 124 Å². The number of hydrogen-bond acceptors (Lipinski definition) is 4. The van der Waals surface area contributed by atoms with Gasteiger partial charge in [-0.2, -0.15) is 0 Å². The average molecular weight is 549 g/mol. The van der Waals surface area contributed by atoms with Crippen LogP contribution >= 0.6 is 0 Å². The van der Waals surface area contributed by atoms with Gasteiger partial charge in [-0.1, -0.05) is 20.8 Å². The molecule has 0 bridgehead atoms. The summed E-state index contributed by atoms with van der Waals surface area (Å²) in [7, 11) is -1.78. The van der Waals surface area contributed by atoms with Crippen molar-refractivity contribution in [3.8, 4) is 0 Å². The van der Waals surface area contributed by atoms with Crippen LogP contribution in [0.5, 0.6) is 0 Å². The molecule has 0 heterocycles. The Labute approximate surface area is 229 Å². The zero-order valence-electron chi connectivity index (χ0n) is 25.6. The Kier molecular flexibility index (Phi) is 8.28. The molecular formula is C31H56O4Si2. The van der Waals surface area contributed by atoms with Gasteiger partial charge in [0.05, 0.1) is 12.9 Å². The zero-order valence-corrected chi connectivity index (χ0v) is 27.6. The molecule has 0 amide bonds. The number of carbonyl (C=O) groups excluding carboxylic acids is 1. The maximum Gasteiger partial charge on any atom is 0.305 e. The van der Waals surface area contributed by atoms with Crippen LogP contribution < -0.4 is 0 Å². The van der Waals surface area contributed by atoms with Crippen molar-refractivity contribution >= 4 is 22.6 Å². The summed E-state index contributed by atoms with van der Waals surface area (Å²) in [6.07, 6.45) is 13.4. The van der Waals surface area contributed by atoms with Crippen LogP contribution in [0.4, 0.5) is 0 Å². The molecule has 0 N–H and O–H groups in total. The van der Waals surface area contributed by atoms with Gasteiger partial charge in [-0.3, -0.25) is 4.79 Å². The maximum atomic E-state index is 11.9. The molecule has 0 spiro atoms. The molecule has 0 aliphatic heterocycles. The average Bonchev–Trinajstić information content (AvgIpc) is 3.13. The third-order valence-electron chi connectivity index (χ3n) is 10.9. The quantitative estimate of drug-likeness (QED) is 0.226. The summed E-state index contributed by atoms with van der Waals surface area (Å²) in [5.74, 6) is 5.05. The topological polar surface area (TPSA) is 44.8 Å². The number of rotatable bonds is 8. The highest BCUT2D eigenvalue weighted by Gasteiger charge is 2.62. The molecule has 0 radical (unpaired) electrons. The van der Waals surface area contributed by atoms with Gasteiger partial charge in [0.15, 0.2) is 8.32 Å². The number of carbonyl (C=O) groups is 1. The molecule has 0 aromatic rings. The van der Waals surface area contributed by atoms with E-state index < -0.39 is 16.6 Å². The minimum atomic E-state index is -1.74. The van der Waals surface area contributed by atoms with Crippen molar-refractivity contribution in [2.24, 2.45) is 46.3 Å². The van der Waals surface area contributed by atoms with Crippen LogP contribution in [-0.4, -0.2) is 35.8 Å². The molecule has 4 aliphatic carbocycles. The largest absolute Gasteiger partial charge is 0.547 e. The second kappa shape index (κ2) is 10.4. The van der Waals surface area contributed by atoms with Crippen LogP contribution in [0.2, 0.25) is 39.3 Å². The third kappa shape index (κ3) is 5.96. The van der Waals surface area contributed by atoms with Gasteiger partial charge in [0.2, 0.25) is 8.32 Å². The number of ether oxygens (including phenoxy) is 1. The summed E-state index contributed by atoms with van der Waals surface area (Å²) in [6, 6.07) is 0. The number of esters is 1. The Hall–Kier alpha value is -0.596. The lowest BCUT2D eigenvalue weighted by Crippen LogP contribution is -2.55. The second-order valence-corrected chi connectivity index (χ2v) is 24.5. The summed E-state index contributed by atoms with van der Waals surface area (Å²) in [5.41, 5.74) is 0.687. The number of methoxy groups -OCH3 is 1. The van der Waals surface area contributed by atoms with E-state index >= 15 is 0 Å². The van der Waals surface area contributed by atoms with Crippen LogP contribution in [0.1, 0.15) is 78.6 Å².